The maximum atomic E-state index is 11.9. The van der Waals surface area contributed by atoms with E-state index in [0.717, 1.165) is 17.5 Å². The first kappa shape index (κ1) is 17.9. The lowest BCUT2D eigenvalue weighted by atomic mass is 10.0. The number of amides is 1. The van der Waals surface area contributed by atoms with E-state index in [4.69, 9.17) is 5.73 Å². The molecule has 1 rings (SSSR count). The number of halogens is 1. The van der Waals surface area contributed by atoms with Gasteiger partial charge in [-0.3, -0.25) is 4.79 Å². The number of rotatable bonds is 6. The highest BCUT2D eigenvalue weighted by atomic mass is 35.5. The molecule has 1 unspecified atom stereocenters. The molecule has 3 nitrogen and oxygen atoms in total. The van der Waals surface area contributed by atoms with Crippen LogP contribution in [0.5, 0.6) is 0 Å². The minimum Gasteiger partial charge on any atom is -0.352 e. The van der Waals surface area contributed by atoms with Crippen LogP contribution < -0.4 is 11.1 Å². The van der Waals surface area contributed by atoms with Gasteiger partial charge in [-0.05, 0) is 30.4 Å². The van der Waals surface area contributed by atoms with Crippen LogP contribution in [0, 0.1) is 12.8 Å². The van der Waals surface area contributed by atoms with Crippen molar-refractivity contribution in [3.8, 4) is 0 Å². The molecule has 0 bridgehead atoms. The number of carbonyl (C=O) groups is 1. The van der Waals surface area contributed by atoms with Gasteiger partial charge in [0.2, 0.25) is 5.91 Å². The molecule has 0 aliphatic heterocycles. The van der Waals surface area contributed by atoms with E-state index in [1.807, 2.05) is 31.2 Å². The van der Waals surface area contributed by atoms with E-state index in [1.165, 1.54) is 0 Å². The Morgan fingerprint density at radius 1 is 1.32 bits per heavy atom. The van der Waals surface area contributed by atoms with Crippen LogP contribution in [-0.2, 0) is 11.2 Å². The fourth-order valence-corrected chi connectivity index (χ4v) is 2.04. The topological polar surface area (TPSA) is 55.1 Å². The molecule has 0 saturated carbocycles. The third-order valence-electron chi connectivity index (χ3n) is 3.02. The van der Waals surface area contributed by atoms with Crippen LogP contribution in [0.1, 0.15) is 31.4 Å². The zero-order valence-corrected chi connectivity index (χ0v) is 12.8. The van der Waals surface area contributed by atoms with E-state index in [2.05, 4.69) is 19.2 Å². The van der Waals surface area contributed by atoms with Gasteiger partial charge in [0.15, 0.2) is 0 Å². The maximum Gasteiger partial charge on any atom is 0.224 e. The van der Waals surface area contributed by atoms with Crippen molar-refractivity contribution >= 4 is 18.3 Å². The van der Waals surface area contributed by atoms with E-state index in [1.54, 1.807) is 0 Å². The predicted molar refractivity (Wildman–Crippen MR) is 82.6 cm³/mol. The molecule has 0 fully saturated rings. The van der Waals surface area contributed by atoms with Gasteiger partial charge in [-0.25, -0.2) is 0 Å². The van der Waals surface area contributed by atoms with Crippen LogP contribution >= 0.6 is 12.4 Å². The van der Waals surface area contributed by atoms with E-state index < -0.39 is 0 Å². The van der Waals surface area contributed by atoms with Crippen molar-refractivity contribution in [2.24, 2.45) is 11.7 Å². The Balaban J connectivity index is 0.00000324. The molecule has 0 heterocycles. The number of benzene rings is 1. The monoisotopic (exact) mass is 284 g/mol. The highest BCUT2D eigenvalue weighted by molar-refractivity contribution is 5.85. The van der Waals surface area contributed by atoms with E-state index in [-0.39, 0.29) is 24.4 Å². The maximum absolute atomic E-state index is 11.9. The number of hydrogen-bond acceptors (Lipinski definition) is 2. The van der Waals surface area contributed by atoms with Gasteiger partial charge in [-0.1, -0.05) is 38.1 Å². The summed E-state index contributed by atoms with van der Waals surface area (Å²) in [5.74, 6) is 0.595. The molecule has 1 aromatic rings. The average molecular weight is 285 g/mol. The second-order valence-corrected chi connectivity index (χ2v) is 5.23. The molecule has 108 valence electrons. The Kier molecular flexibility index (Phi) is 8.44. The number of nitrogens with two attached hydrogens (primary N) is 1. The zero-order valence-electron chi connectivity index (χ0n) is 12.0. The summed E-state index contributed by atoms with van der Waals surface area (Å²) in [6, 6.07) is 8.05. The molecule has 0 aromatic heterocycles. The molecule has 1 amide bonds. The summed E-state index contributed by atoms with van der Waals surface area (Å²) in [4.78, 5) is 11.9. The van der Waals surface area contributed by atoms with Crippen molar-refractivity contribution in [2.75, 3.05) is 6.54 Å². The lowest BCUT2D eigenvalue weighted by Crippen LogP contribution is -2.41. The number of hydrogen-bond donors (Lipinski definition) is 2. The zero-order chi connectivity index (χ0) is 13.5. The summed E-state index contributed by atoms with van der Waals surface area (Å²) in [5.41, 5.74) is 7.91. The Morgan fingerprint density at radius 3 is 2.47 bits per heavy atom. The summed E-state index contributed by atoms with van der Waals surface area (Å²) in [6.45, 7) is 6.79. The van der Waals surface area contributed by atoms with Crippen molar-refractivity contribution in [1.29, 1.82) is 0 Å². The first-order chi connectivity index (χ1) is 8.52. The van der Waals surface area contributed by atoms with Crippen LogP contribution in [-0.4, -0.2) is 18.5 Å². The van der Waals surface area contributed by atoms with E-state index in [9.17, 15) is 4.79 Å². The van der Waals surface area contributed by atoms with Crippen LogP contribution in [0.3, 0.4) is 0 Å². The summed E-state index contributed by atoms with van der Waals surface area (Å²) < 4.78 is 0. The van der Waals surface area contributed by atoms with Gasteiger partial charge in [-0.2, -0.15) is 0 Å². The standard InChI is InChI=1S/C15H24N2O.ClH/c1-11(2)8-14(10-16)17-15(18)9-13-7-5-4-6-12(13)3;/h4-7,11,14H,8-10,16H2,1-3H3,(H,17,18);1H. The van der Waals surface area contributed by atoms with E-state index in [0.29, 0.717) is 18.9 Å². The highest BCUT2D eigenvalue weighted by Crippen LogP contribution is 2.08. The third-order valence-corrected chi connectivity index (χ3v) is 3.02. The molecule has 1 atom stereocenters. The summed E-state index contributed by atoms with van der Waals surface area (Å²) in [5, 5.41) is 3.01. The summed E-state index contributed by atoms with van der Waals surface area (Å²) >= 11 is 0. The van der Waals surface area contributed by atoms with Gasteiger partial charge in [0.25, 0.3) is 0 Å². The fourth-order valence-electron chi connectivity index (χ4n) is 2.04. The minimum absolute atomic E-state index is 0. The second kappa shape index (κ2) is 8.94. The molecule has 4 heteroatoms. The number of aryl methyl sites for hydroxylation is 1. The quantitative estimate of drug-likeness (QED) is 0.843. The highest BCUT2D eigenvalue weighted by Gasteiger charge is 2.13. The predicted octanol–water partition coefficient (Wildman–Crippen LogP) is 2.45. The van der Waals surface area contributed by atoms with Gasteiger partial charge in [0.1, 0.15) is 0 Å². The Hall–Kier alpha value is -1.06. The largest absolute Gasteiger partial charge is 0.352 e. The Bertz CT molecular complexity index is 393. The van der Waals surface area contributed by atoms with Gasteiger partial charge >= 0.3 is 0 Å². The molecule has 0 aliphatic carbocycles. The van der Waals surface area contributed by atoms with Crippen LogP contribution in [0.2, 0.25) is 0 Å². The van der Waals surface area contributed by atoms with Crippen LogP contribution in [0.15, 0.2) is 24.3 Å². The molecule has 3 N–H and O–H groups in total. The molecular weight excluding hydrogens is 260 g/mol. The van der Waals surface area contributed by atoms with Crippen molar-refractivity contribution < 1.29 is 4.79 Å². The lowest BCUT2D eigenvalue weighted by molar-refractivity contribution is -0.121. The summed E-state index contributed by atoms with van der Waals surface area (Å²) in [6.07, 6.45) is 1.36. The Labute approximate surface area is 122 Å². The van der Waals surface area contributed by atoms with E-state index >= 15 is 0 Å². The molecule has 1 aromatic carbocycles. The van der Waals surface area contributed by atoms with Gasteiger partial charge < -0.3 is 11.1 Å². The lowest BCUT2D eigenvalue weighted by Gasteiger charge is -2.19. The molecule has 0 radical (unpaired) electrons. The molecule has 0 aliphatic rings. The SMILES string of the molecule is Cc1ccccc1CC(=O)NC(CN)CC(C)C.Cl. The minimum atomic E-state index is 0. The normalized spacial score (nSPS) is 11.8. The number of nitrogens with one attached hydrogen (secondary N) is 1. The van der Waals surface area contributed by atoms with Crippen molar-refractivity contribution in [2.45, 2.75) is 39.7 Å². The second-order valence-electron chi connectivity index (χ2n) is 5.23. The summed E-state index contributed by atoms with van der Waals surface area (Å²) in [7, 11) is 0. The van der Waals surface area contributed by atoms with Crippen molar-refractivity contribution in [1.82, 2.24) is 5.32 Å². The van der Waals surface area contributed by atoms with Gasteiger partial charge in [-0.15, -0.1) is 12.4 Å². The Morgan fingerprint density at radius 2 is 1.95 bits per heavy atom. The van der Waals surface area contributed by atoms with Gasteiger partial charge in [0, 0.05) is 12.6 Å². The molecule has 0 spiro atoms. The smallest absolute Gasteiger partial charge is 0.224 e. The third kappa shape index (κ3) is 6.60. The van der Waals surface area contributed by atoms with Crippen molar-refractivity contribution in [3.63, 3.8) is 0 Å². The average Bonchev–Trinajstić information content (AvgIpc) is 2.30. The molecular formula is C15H25ClN2O. The van der Waals surface area contributed by atoms with Crippen LogP contribution in [0.4, 0.5) is 0 Å². The fraction of sp³-hybridized carbons (Fsp3) is 0.533. The van der Waals surface area contributed by atoms with Crippen molar-refractivity contribution in [3.05, 3.63) is 35.4 Å². The molecule has 0 saturated heterocycles. The number of carbonyl (C=O) groups excluding carboxylic acids is 1. The van der Waals surface area contributed by atoms with Gasteiger partial charge in [0.05, 0.1) is 6.42 Å². The molecule has 19 heavy (non-hydrogen) atoms. The first-order valence-electron chi connectivity index (χ1n) is 6.56. The first-order valence-corrected chi connectivity index (χ1v) is 6.56. The van der Waals surface area contributed by atoms with Crippen LogP contribution in [0.25, 0.3) is 0 Å².